The summed E-state index contributed by atoms with van der Waals surface area (Å²) >= 11 is 0. The fraction of sp³-hybridized carbons (Fsp3) is 0.500. The van der Waals surface area contributed by atoms with Crippen molar-refractivity contribution in [1.29, 1.82) is 0 Å². The van der Waals surface area contributed by atoms with E-state index in [2.05, 4.69) is 44.6 Å². The van der Waals surface area contributed by atoms with Crippen molar-refractivity contribution >= 4 is 35.8 Å². The first-order valence-electron chi connectivity index (χ1n) is 11.3. The summed E-state index contributed by atoms with van der Waals surface area (Å²) in [4.78, 5) is 14.0. The highest BCUT2D eigenvalue weighted by molar-refractivity contribution is 14.0. The highest BCUT2D eigenvalue weighted by atomic mass is 127. The molecule has 2 N–H and O–H groups in total. The zero-order valence-electron chi connectivity index (χ0n) is 19.0. The first-order chi connectivity index (χ1) is 15.1. The van der Waals surface area contributed by atoms with E-state index in [-0.39, 0.29) is 35.2 Å². The summed E-state index contributed by atoms with van der Waals surface area (Å²) in [5, 5.41) is 6.72. The summed E-state index contributed by atoms with van der Waals surface area (Å²) in [5.74, 6) is 1.68. The minimum absolute atomic E-state index is 0. The molecule has 4 rings (SSSR count). The van der Waals surface area contributed by atoms with E-state index < -0.39 is 0 Å². The van der Waals surface area contributed by atoms with Crippen LogP contribution < -0.4 is 15.5 Å². The van der Waals surface area contributed by atoms with Crippen molar-refractivity contribution in [3.8, 4) is 0 Å². The molecule has 0 spiro atoms. The lowest BCUT2D eigenvalue weighted by molar-refractivity contribution is 0.312. The lowest BCUT2D eigenvalue weighted by Gasteiger charge is -2.33. The second-order valence-corrected chi connectivity index (χ2v) is 8.62. The Morgan fingerprint density at radius 1 is 1.09 bits per heavy atom. The Balaban J connectivity index is 0.00000289. The van der Waals surface area contributed by atoms with E-state index >= 15 is 0 Å². The van der Waals surface area contributed by atoms with Gasteiger partial charge in [-0.1, -0.05) is 24.3 Å². The fourth-order valence-corrected chi connectivity index (χ4v) is 4.08. The second kappa shape index (κ2) is 11.3. The van der Waals surface area contributed by atoms with Crippen LogP contribution in [-0.2, 0) is 12.0 Å². The minimum atomic E-state index is -0.118. The largest absolute Gasteiger partial charge is 0.357 e. The molecule has 1 aromatic heterocycles. The lowest BCUT2D eigenvalue weighted by Crippen LogP contribution is -2.44. The van der Waals surface area contributed by atoms with Gasteiger partial charge in [0, 0.05) is 50.9 Å². The SMILES string of the molecule is CCNC(=NCc1ccc(N2CCN(C)CC2)nc1)NCC1(c2ccccc2F)CC1.I. The number of nitrogens with one attached hydrogen (secondary N) is 2. The molecule has 1 aromatic carbocycles. The zero-order valence-corrected chi connectivity index (χ0v) is 21.3. The number of halogens is 2. The van der Waals surface area contributed by atoms with E-state index in [0.29, 0.717) is 13.1 Å². The van der Waals surface area contributed by atoms with E-state index in [1.165, 1.54) is 0 Å². The molecular weight excluding hydrogens is 518 g/mol. The molecule has 2 heterocycles. The van der Waals surface area contributed by atoms with Gasteiger partial charge in [-0.3, -0.25) is 0 Å². The predicted molar refractivity (Wildman–Crippen MR) is 139 cm³/mol. The van der Waals surface area contributed by atoms with E-state index in [4.69, 9.17) is 4.99 Å². The van der Waals surface area contributed by atoms with Crippen molar-refractivity contribution in [1.82, 2.24) is 20.5 Å². The first kappa shape index (κ1) is 24.7. The molecular formula is C24H34FIN6. The van der Waals surface area contributed by atoms with Gasteiger partial charge in [-0.2, -0.15) is 0 Å². The maximum atomic E-state index is 14.3. The monoisotopic (exact) mass is 552 g/mol. The van der Waals surface area contributed by atoms with E-state index in [1.807, 2.05) is 25.3 Å². The van der Waals surface area contributed by atoms with Gasteiger partial charge in [0.05, 0.1) is 6.54 Å². The Morgan fingerprint density at radius 2 is 1.84 bits per heavy atom. The fourth-order valence-electron chi connectivity index (χ4n) is 4.08. The zero-order chi connectivity index (χ0) is 21.7. The number of rotatable bonds is 7. The van der Waals surface area contributed by atoms with Gasteiger partial charge in [-0.25, -0.2) is 14.4 Å². The van der Waals surface area contributed by atoms with Gasteiger partial charge in [0.25, 0.3) is 0 Å². The minimum Gasteiger partial charge on any atom is -0.357 e. The van der Waals surface area contributed by atoms with Crippen LogP contribution >= 0.6 is 24.0 Å². The molecule has 0 radical (unpaired) electrons. The van der Waals surface area contributed by atoms with Crippen LogP contribution in [0.15, 0.2) is 47.6 Å². The maximum absolute atomic E-state index is 14.3. The molecule has 1 saturated carbocycles. The number of benzene rings is 1. The molecule has 2 fully saturated rings. The molecule has 32 heavy (non-hydrogen) atoms. The third-order valence-corrected chi connectivity index (χ3v) is 6.29. The number of guanidine groups is 1. The average Bonchev–Trinajstić information content (AvgIpc) is 3.58. The number of likely N-dealkylation sites (N-methyl/N-ethyl adjacent to an activating group) is 1. The van der Waals surface area contributed by atoms with Crippen LogP contribution in [0.2, 0.25) is 0 Å². The van der Waals surface area contributed by atoms with Crippen LogP contribution in [0.3, 0.4) is 0 Å². The van der Waals surface area contributed by atoms with Crippen LogP contribution in [0.4, 0.5) is 10.2 Å². The average molecular weight is 552 g/mol. The normalized spacial score (nSPS) is 18.1. The van der Waals surface area contributed by atoms with Gasteiger partial charge in [0.15, 0.2) is 5.96 Å². The number of pyridine rings is 1. The third kappa shape index (κ3) is 6.10. The molecule has 2 aromatic rings. The molecule has 1 saturated heterocycles. The van der Waals surface area contributed by atoms with Gasteiger partial charge in [0.2, 0.25) is 0 Å². The summed E-state index contributed by atoms with van der Waals surface area (Å²) in [6.45, 7) is 8.23. The molecule has 0 amide bonds. The van der Waals surface area contributed by atoms with E-state index in [0.717, 1.165) is 68.5 Å². The summed E-state index contributed by atoms with van der Waals surface area (Å²) in [6.07, 6.45) is 3.92. The quantitative estimate of drug-likeness (QED) is 0.314. The summed E-state index contributed by atoms with van der Waals surface area (Å²) in [6, 6.07) is 11.3. The van der Waals surface area contributed by atoms with Crippen molar-refractivity contribution < 1.29 is 4.39 Å². The standard InChI is InChI=1S/C24H33FN6.HI/c1-3-26-23(29-18-24(10-11-24)20-6-4-5-7-21(20)25)28-17-19-8-9-22(27-16-19)31-14-12-30(2)13-15-31;/h4-9,16H,3,10-15,17-18H2,1-2H3,(H2,26,28,29);1H. The number of aromatic nitrogens is 1. The summed E-state index contributed by atoms with van der Waals surface area (Å²) in [7, 11) is 2.16. The van der Waals surface area contributed by atoms with E-state index in [1.54, 1.807) is 12.1 Å². The highest BCUT2D eigenvalue weighted by Crippen LogP contribution is 2.48. The number of nitrogens with zero attached hydrogens (tertiary/aromatic N) is 4. The molecule has 0 bridgehead atoms. The molecule has 0 unspecified atom stereocenters. The van der Waals surface area contributed by atoms with Crippen LogP contribution in [0.25, 0.3) is 0 Å². The van der Waals surface area contributed by atoms with Crippen molar-refractivity contribution in [3.05, 3.63) is 59.5 Å². The lowest BCUT2D eigenvalue weighted by atomic mass is 9.95. The van der Waals surface area contributed by atoms with E-state index in [9.17, 15) is 4.39 Å². The van der Waals surface area contributed by atoms with Gasteiger partial charge in [-0.15, -0.1) is 24.0 Å². The smallest absolute Gasteiger partial charge is 0.191 e. The molecule has 1 aliphatic heterocycles. The van der Waals surface area contributed by atoms with Gasteiger partial charge >= 0.3 is 0 Å². The Kier molecular flexibility index (Phi) is 8.70. The second-order valence-electron chi connectivity index (χ2n) is 8.62. The number of piperazine rings is 1. The Labute approximate surface area is 207 Å². The number of anilines is 1. The molecule has 2 aliphatic rings. The van der Waals surface area contributed by atoms with Crippen LogP contribution in [0.5, 0.6) is 0 Å². The van der Waals surface area contributed by atoms with Gasteiger partial charge in [-0.05, 0) is 50.1 Å². The number of hydrogen-bond donors (Lipinski definition) is 2. The Morgan fingerprint density at radius 3 is 2.47 bits per heavy atom. The molecule has 0 atom stereocenters. The van der Waals surface area contributed by atoms with Crippen molar-refractivity contribution in [3.63, 3.8) is 0 Å². The third-order valence-electron chi connectivity index (χ3n) is 6.29. The Hall–Kier alpha value is -1.94. The van der Waals surface area contributed by atoms with Crippen LogP contribution in [-0.4, -0.2) is 62.2 Å². The van der Waals surface area contributed by atoms with Crippen molar-refractivity contribution in [2.24, 2.45) is 4.99 Å². The first-order valence-corrected chi connectivity index (χ1v) is 11.3. The van der Waals surface area contributed by atoms with Gasteiger partial charge < -0.3 is 20.4 Å². The van der Waals surface area contributed by atoms with Crippen LogP contribution in [0, 0.1) is 5.82 Å². The number of hydrogen-bond acceptors (Lipinski definition) is 4. The summed E-state index contributed by atoms with van der Waals surface area (Å²) in [5.41, 5.74) is 1.76. The molecule has 1 aliphatic carbocycles. The van der Waals surface area contributed by atoms with Gasteiger partial charge in [0.1, 0.15) is 11.6 Å². The topological polar surface area (TPSA) is 55.8 Å². The molecule has 8 heteroatoms. The summed E-state index contributed by atoms with van der Waals surface area (Å²) < 4.78 is 14.3. The van der Waals surface area contributed by atoms with Crippen molar-refractivity contribution in [2.75, 3.05) is 51.2 Å². The van der Waals surface area contributed by atoms with Crippen LogP contribution in [0.1, 0.15) is 30.9 Å². The van der Waals surface area contributed by atoms with Crippen molar-refractivity contribution in [2.45, 2.75) is 31.7 Å². The Bertz CT molecular complexity index is 892. The molecule has 174 valence electrons. The highest BCUT2D eigenvalue weighted by Gasteiger charge is 2.45. The predicted octanol–water partition coefficient (Wildman–Crippen LogP) is 3.38. The molecule has 6 nitrogen and oxygen atoms in total. The maximum Gasteiger partial charge on any atom is 0.191 e. The number of aliphatic imine (C=N–C) groups is 1.